The van der Waals surface area contributed by atoms with Crippen molar-refractivity contribution in [3.63, 3.8) is 0 Å². The summed E-state index contributed by atoms with van der Waals surface area (Å²) >= 11 is 0. The second-order valence-corrected chi connectivity index (χ2v) is 6.45. The number of benzene rings is 2. The third-order valence-electron chi connectivity index (χ3n) is 4.71. The smallest absolute Gasteiger partial charge is 0.262 e. The molecule has 0 amide bonds. The first-order valence-corrected chi connectivity index (χ1v) is 8.97. The van der Waals surface area contributed by atoms with Gasteiger partial charge in [-0.3, -0.25) is 14.6 Å². The maximum Gasteiger partial charge on any atom is 0.262 e. The van der Waals surface area contributed by atoms with Crippen molar-refractivity contribution in [1.29, 1.82) is 0 Å². The molecule has 0 unspecified atom stereocenters. The molecule has 4 rings (SSSR count). The molecule has 0 bridgehead atoms. The molecule has 4 nitrogen and oxygen atoms in total. The fourth-order valence-corrected chi connectivity index (χ4v) is 3.35. The zero-order valence-electron chi connectivity index (χ0n) is 15.4. The summed E-state index contributed by atoms with van der Waals surface area (Å²) in [5.74, 6) is -0.337. The monoisotopic (exact) mass is 366 g/mol. The summed E-state index contributed by atoms with van der Waals surface area (Å²) in [5, 5.41) is 0.866. The third kappa shape index (κ3) is 3.16. The molecule has 0 atom stereocenters. The number of carbonyl (C=O) groups excluding carboxylic acids is 1. The first-order valence-electron chi connectivity index (χ1n) is 8.97. The SMILES string of the molecule is Cn1c(=O)c(C(=O)/C=C/c2ccccn2)c(-c2ccccc2)c2ccccc21. The molecule has 0 saturated carbocycles. The van der Waals surface area contributed by atoms with Crippen LogP contribution in [0.1, 0.15) is 16.1 Å². The van der Waals surface area contributed by atoms with E-state index >= 15 is 0 Å². The highest BCUT2D eigenvalue weighted by molar-refractivity contribution is 6.15. The molecule has 0 fully saturated rings. The van der Waals surface area contributed by atoms with Gasteiger partial charge in [-0.15, -0.1) is 0 Å². The van der Waals surface area contributed by atoms with Crippen molar-refractivity contribution in [2.75, 3.05) is 0 Å². The van der Waals surface area contributed by atoms with E-state index in [1.807, 2.05) is 66.7 Å². The number of nitrogens with zero attached hydrogens (tertiary/aromatic N) is 2. The van der Waals surface area contributed by atoms with Crippen LogP contribution < -0.4 is 5.56 Å². The van der Waals surface area contributed by atoms with E-state index < -0.39 is 0 Å². The van der Waals surface area contributed by atoms with Gasteiger partial charge in [0.2, 0.25) is 0 Å². The van der Waals surface area contributed by atoms with Crippen molar-refractivity contribution >= 4 is 22.8 Å². The van der Waals surface area contributed by atoms with Gasteiger partial charge in [-0.1, -0.05) is 54.6 Å². The Bertz CT molecular complexity index is 1240. The van der Waals surface area contributed by atoms with E-state index in [2.05, 4.69) is 4.98 Å². The Kier molecular flexibility index (Phi) is 4.68. The van der Waals surface area contributed by atoms with E-state index in [9.17, 15) is 9.59 Å². The minimum Gasteiger partial charge on any atom is -0.311 e. The van der Waals surface area contributed by atoms with E-state index in [4.69, 9.17) is 0 Å². The largest absolute Gasteiger partial charge is 0.311 e. The number of para-hydroxylation sites is 1. The number of ketones is 1. The maximum atomic E-state index is 13.1. The summed E-state index contributed by atoms with van der Waals surface area (Å²) in [5.41, 5.74) is 2.81. The van der Waals surface area contributed by atoms with Crippen molar-refractivity contribution in [2.24, 2.45) is 7.05 Å². The van der Waals surface area contributed by atoms with Gasteiger partial charge in [0, 0.05) is 24.2 Å². The lowest BCUT2D eigenvalue weighted by Crippen LogP contribution is -2.25. The molecule has 0 aliphatic rings. The van der Waals surface area contributed by atoms with Gasteiger partial charge in [-0.05, 0) is 35.9 Å². The molecular formula is C24H18N2O2. The molecule has 0 aliphatic carbocycles. The molecule has 28 heavy (non-hydrogen) atoms. The van der Waals surface area contributed by atoms with Crippen molar-refractivity contribution in [1.82, 2.24) is 9.55 Å². The molecule has 0 saturated heterocycles. The zero-order chi connectivity index (χ0) is 19.5. The van der Waals surface area contributed by atoms with E-state index in [-0.39, 0.29) is 16.9 Å². The Hall–Kier alpha value is -3.79. The molecule has 0 aliphatic heterocycles. The Morgan fingerprint density at radius 1 is 0.929 bits per heavy atom. The Labute approximate surface area is 162 Å². The van der Waals surface area contributed by atoms with Gasteiger partial charge in [0.25, 0.3) is 5.56 Å². The van der Waals surface area contributed by atoms with Crippen LogP contribution in [0.5, 0.6) is 0 Å². The molecule has 4 aromatic rings. The van der Waals surface area contributed by atoms with Crippen LogP contribution in [-0.4, -0.2) is 15.3 Å². The number of aromatic nitrogens is 2. The van der Waals surface area contributed by atoms with E-state index in [0.29, 0.717) is 11.3 Å². The zero-order valence-corrected chi connectivity index (χ0v) is 15.4. The summed E-state index contributed by atoms with van der Waals surface area (Å²) in [7, 11) is 1.69. The van der Waals surface area contributed by atoms with Crippen LogP contribution >= 0.6 is 0 Å². The van der Waals surface area contributed by atoms with E-state index in [1.165, 1.54) is 10.6 Å². The molecule has 2 aromatic heterocycles. The topological polar surface area (TPSA) is 52.0 Å². The molecule has 4 heteroatoms. The number of carbonyl (C=O) groups is 1. The van der Waals surface area contributed by atoms with Gasteiger partial charge in [-0.2, -0.15) is 0 Å². The fourth-order valence-electron chi connectivity index (χ4n) is 3.35. The average molecular weight is 366 g/mol. The van der Waals surface area contributed by atoms with Crippen LogP contribution in [0, 0.1) is 0 Å². The average Bonchev–Trinajstić information content (AvgIpc) is 2.75. The minimum absolute atomic E-state index is 0.166. The van der Waals surface area contributed by atoms with Gasteiger partial charge < -0.3 is 4.57 Å². The maximum absolute atomic E-state index is 13.1. The molecule has 0 radical (unpaired) electrons. The molecule has 2 heterocycles. The highest BCUT2D eigenvalue weighted by Crippen LogP contribution is 2.30. The standard InChI is InChI=1S/C24H18N2O2/c1-26-20-13-6-5-12-19(20)22(17-9-3-2-4-10-17)23(24(26)28)21(27)15-14-18-11-7-8-16-25-18/h2-16H,1H3/b15-14+. The van der Waals surface area contributed by atoms with Crippen molar-refractivity contribution < 1.29 is 4.79 Å². The van der Waals surface area contributed by atoms with E-state index in [1.54, 1.807) is 25.4 Å². The third-order valence-corrected chi connectivity index (χ3v) is 4.71. The van der Waals surface area contributed by atoms with Gasteiger partial charge in [0.1, 0.15) is 0 Å². The predicted molar refractivity (Wildman–Crippen MR) is 112 cm³/mol. The highest BCUT2D eigenvalue weighted by Gasteiger charge is 2.20. The van der Waals surface area contributed by atoms with Gasteiger partial charge in [0.15, 0.2) is 5.78 Å². The van der Waals surface area contributed by atoms with Crippen LogP contribution in [0.3, 0.4) is 0 Å². The Morgan fingerprint density at radius 2 is 1.64 bits per heavy atom. The minimum atomic E-state index is -0.337. The second kappa shape index (κ2) is 7.45. The van der Waals surface area contributed by atoms with Gasteiger partial charge in [-0.25, -0.2) is 0 Å². The number of hydrogen-bond acceptors (Lipinski definition) is 3. The molecule has 136 valence electrons. The van der Waals surface area contributed by atoms with Gasteiger partial charge in [0.05, 0.1) is 16.8 Å². The number of rotatable bonds is 4. The van der Waals surface area contributed by atoms with Crippen LogP contribution in [0.4, 0.5) is 0 Å². The van der Waals surface area contributed by atoms with Crippen LogP contribution in [-0.2, 0) is 7.05 Å². The lowest BCUT2D eigenvalue weighted by Gasteiger charge is -2.14. The number of allylic oxidation sites excluding steroid dienone is 1. The van der Waals surface area contributed by atoms with Crippen molar-refractivity contribution in [3.8, 4) is 11.1 Å². The first-order chi connectivity index (χ1) is 13.7. The highest BCUT2D eigenvalue weighted by atomic mass is 16.1. The predicted octanol–water partition coefficient (Wildman–Crippen LogP) is 4.50. The van der Waals surface area contributed by atoms with E-state index in [0.717, 1.165) is 16.5 Å². The lowest BCUT2D eigenvalue weighted by molar-refractivity contribution is 0.104. The second-order valence-electron chi connectivity index (χ2n) is 6.45. The van der Waals surface area contributed by atoms with Crippen LogP contribution in [0.15, 0.2) is 89.9 Å². The molecular weight excluding hydrogens is 348 g/mol. The molecule has 2 aromatic carbocycles. The number of fused-ring (bicyclic) bond motifs is 1. The van der Waals surface area contributed by atoms with Crippen LogP contribution in [0.25, 0.3) is 28.1 Å². The molecule has 0 spiro atoms. The summed E-state index contributed by atoms with van der Waals surface area (Å²) in [4.78, 5) is 30.4. The quantitative estimate of drug-likeness (QED) is 0.395. The van der Waals surface area contributed by atoms with Crippen LogP contribution in [0.2, 0.25) is 0 Å². The summed E-state index contributed by atoms with van der Waals surface area (Å²) in [6.07, 6.45) is 4.71. The summed E-state index contributed by atoms with van der Waals surface area (Å²) in [6.45, 7) is 0. The first kappa shape index (κ1) is 17.6. The summed E-state index contributed by atoms with van der Waals surface area (Å²) < 4.78 is 1.53. The Balaban J connectivity index is 1.97. The lowest BCUT2D eigenvalue weighted by atomic mass is 9.93. The summed E-state index contributed by atoms with van der Waals surface area (Å²) in [6, 6.07) is 22.6. The number of hydrogen-bond donors (Lipinski definition) is 0. The van der Waals surface area contributed by atoms with Crippen molar-refractivity contribution in [3.05, 3.63) is 107 Å². The Morgan fingerprint density at radius 3 is 2.39 bits per heavy atom. The fraction of sp³-hybridized carbons (Fsp3) is 0.0417. The van der Waals surface area contributed by atoms with Crippen molar-refractivity contribution in [2.45, 2.75) is 0 Å². The van der Waals surface area contributed by atoms with Gasteiger partial charge >= 0.3 is 0 Å². The normalized spacial score (nSPS) is 11.2. The number of pyridine rings is 2. The molecule has 0 N–H and O–H groups in total. The number of aryl methyl sites for hydroxylation is 1.